The minimum Gasteiger partial charge on any atom is -0.478 e. The van der Waals surface area contributed by atoms with Crippen LogP contribution in [0.3, 0.4) is 0 Å². The predicted octanol–water partition coefficient (Wildman–Crippen LogP) is 1.53. The number of carbonyl (C=O) groups is 1. The zero-order valence-corrected chi connectivity index (χ0v) is 8.79. The van der Waals surface area contributed by atoms with Gasteiger partial charge in [0, 0.05) is 6.07 Å². The molecule has 0 saturated heterocycles. The van der Waals surface area contributed by atoms with E-state index in [2.05, 4.69) is 4.98 Å². The van der Waals surface area contributed by atoms with Gasteiger partial charge in [-0.25, -0.2) is 9.78 Å². The molecule has 0 unspecified atom stereocenters. The van der Waals surface area contributed by atoms with Crippen molar-refractivity contribution in [2.75, 3.05) is 5.73 Å². The highest BCUT2D eigenvalue weighted by molar-refractivity contribution is 5.93. The van der Waals surface area contributed by atoms with Crippen molar-refractivity contribution < 1.29 is 19.1 Å². The maximum atomic E-state index is 10.8. The summed E-state index contributed by atoms with van der Waals surface area (Å²) in [4.78, 5) is 14.7. The number of aromatic nitrogens is 1. The Balaban J connectivity index is 2.11. The number of carboxylic acids is 1. The summed E-state index contributed by atoms with van der Waals surface area (Å²) in [6.45, 7) is 0.184. The largest absolute Gasteiger partial charge is 0.478 e. The van der Waals surface area contributed by atoms with E-state index >= 15 is 0 Å². The first-order valence-corrected chi connectivity index (χ1v) is 4.81. The van der Waals surface area contributed by atoms with Gasteiger partial charge >= 0.3 is 5.97 Å². The number of furan rings is 1. The zero-order valence-electron chi connectivity index (χ0n) is 8.79. The van der Waals surface area contributed by atoms with E-state index in [0.717, 1.165) is 0 Å². The maximum Gasteiger partial charge on any atom is 0.338 e. The van der Waals surface area contributed by atoms with Crippen LogP contribution in [0.15, 0.2) is 35.1 Å². The number of ether oxygens (including phenoxy) is 1. The quantitative estimate of drug-likeness (QED) is 0.832. The molecule has 0 aliphatic rings. The molecule has 6 heteroatoms. The van der Waals surface area contributed by atoms with Crippen LogP contribution in [0.4, 0.5) is 5.69 Å². The van der Waals surface area contributed by atoms with Crippen molar-refractivity contribution in [1.82, 2.24) is 4.98 Å². The number of nitrogens with two attached hydrogens (primary N) is 1. The number of rotatable bonds is 4. The van der Waals surface area contributed by atoms with E-state index in [1.165, 1.54) is 18.5 Å². The lowest BCUT2D eigenvalue weighted by atomic mass is 10.2. The average Bonchev–Trinajstić information content (AvgIpc) is 2.80. The smallest absolute Gasteiger partial charge is 0.338 e. The summed E-state index contributed by atoms with van der Waals surface area (Å²) in [6, 6.07) is 4.76. The number of nitrogen functional groups attached to an aromatic ring is 1. The van der Waals surface area contributed by atoms with E-state index in [4.69, 9.17) is 20.0 Å². The Kier molecular flexibility index (Phi) is 2.95. The number of hydrogen-bond donors (Lipinski definition) is 2. The molecule has 6 nitrogen and oxygen atoms in total. The van der Waals surface area contributed by atoms with Crippen LogP contribution >= 0.6 is 0 Å². The summed E-state index contributed by atoms with van der Waals surface area (Å²) in [6.07, 6.45) is 2.78. The lowest BCUT2D eigenvalue weighted by Gasteiger charge is -2.05. The van der Waals surface area contributed by atoms with Gasteiger partial charge in [-0.1, -0.05) is 0 Å². The van der Waals surface area contributed by atoms with E-state index in [9.17, 15) is 4.79 Å². The molecule has 0 bridgehead atoms. The molecular formula is C11H10N2O4. The van der Waals surface area contributed by atoms with Crippen LogP contribution in [0.2, 0.25) is 0 Å². The second-order valence-corrected chi connectivity index (χ2v) is 3.28. The molecule has 0 atom stereocenters. The van der Waals surface area contributed by atoms with Gasteiger partial charge < -0.3 is 20.0 Å². The fraction of sp³-hybridized carbons (Fsp3) is 0.0909. The number of hydrogen-bond acceptors (Lipinski definition) is 5. The summed E-state index contributed by atoms with van der Waals surface area (Å²) < 4.78 is 10.3. The molecular weight excluding hydrogens is 224 g/mol. The number of carboxylic acid groups (broad SMARTS) is 1. The van der Waals surface area contributed by atoms with Gasteiger partial charge in [0.2, 0.25) is 5.88 Å². The van der Waals surface area contributed by atoms with Gasteiger partial charge in [-0.3, -0.25) is 0 Å². The molecule has 0 fully saturated rings. The van der Waals surface area contributed by atoms with Crippen molar-refractivity contribution in [1.29, 1.82) is 0 Å². The fourth-order valence-electron chi connectivity index (χ4n) is 1.25. The number of anilines is 1. The van der Waals surface area contributed by atoms with Crippen molar-refractivity contribution in [3.8, 4) is 5.88 Å². The predicted molar refractivity (Wildman–Crippen MR) is 58.6 cm³/mol. The molecule has 2 aromatic heterocycles. The molecule has 2 heterocycles. The first-order chi connectivity index (χ1) is 8.16. The number of nitrogens with zero attached hydrogens (tertiary/aromatic N) is 1. The second kappa shape index (κ2) is 4.56. The van der Waals surface area contributed by atoms with Crippen molar-refractivity contribution in [3.63, 3.8) is 0 Å². The van der Waals surface area contributed by atoms with E-state index < -0.39 is 5.97 Å². The standard InChI is InChI=1S/C11H10N2O4/c12-9-5-13-10(4-8(9)11(14)15)17-6-7-2-1-3-16-7/h1-5H,6,12H2,(H,14,15). The third-order valence-electron chi connectivity index (χ3n) is 2.08. The minimum absolute atomic E-state index is 0.0329. The summed E-state index contributed by atoms with van der Waals surface area (Å²) in [5, 5.41) is 8.86. The molecule has 2 rings (SSSR count). The highest BCUT2D eigenvalue weighted by Gasteiger charge is 2.10. The van der Waals surface area contributed by atoms with Gasteiger partial charge in [-0.05, 0) is 12.1 Å². The van der Waals surface area contributed by atoms with Crippen molar-refractivity contribution in [2.45, 2.75) is 6.61 Å². The molecule has 2 aromatic rings. The van der Waals surface area contributed by atoms with Crippen molar-refractivity contribution in [3.05, 3.63) is 42.0 Å². The monoisotopic (exact) mass is 234 g/mol. The molecule has 88 valence electrons. The number of pyridine rings is 1. The van der Waals surface area contributed by atoms with E-state index in [0.29, 0.717) is 5.76 Å². The van der Waals surface area contributed by atoms with Gasteiger partial charge in [0.25, 0.3) is 0 Å². The lowest BCUT2D eigenvalue weighted by molar-refractivity contribution is 0.0697. The van der Waals surface area contributed by atoms with Crippen LogP contribution < -0.4 is 10.5 Å². The van der Waals surface area contributed by atoms with Gasteiger partial charge in [0.15, 0.2) is 0 Å². The van der Waals surface area contributed by atoms with E-state index in [-0.39, 0.29) is 23.7 Å². The van der Waals surface area contributed by atoms with Crippen LogP contribution in [0.1, 0.15) is 16.1 Å². The highest BCUT2D eigenvalue weighted by Crippen LogP contribution is 2.17. The first kappa shape index (κ1) is 11.0. The molecule has 0 radical (unpaired) electrons. The summed E-state index contributed by atoms with van der Waals surface area (Å²) in [5.74, 6) is -0.304. The van der Waals surface area contributed by atoms with E-state index in [1.54, 1.807) is 12.1 Å². The van der Waals surface area contributed by atoms with Gasteiger partial charge in [-0.2, -0.15) is 0 Å². The van der Waals surface area contributed by atoms with Crippen LogP contribution in [0.25, 0.3) is 0 Å². The first-order valence-electron chi connectivity index (χ1n) is 4.81. The fourth-order valence-corrected chi connectivity index (χ4v) is 1.25. The Labute approximate surface area is 96.6 Å². The molecule has 0 aromatic carbocycles. The second-order valence-electron chi connectivity index (χ2n) is 3.28. The third-order valence-corrected chi connectivity index (χ3v) is 2.08. The Hall–Kier alpha value is -2.50. The SMILES string of the molecule is Nc1cnc(OCc2ccco2)cc1C(=O)O. The average molecular weight is 234 g/mol. The van der Waals surface area contributed by atoms with Gasteiger partial charge in [-0.15, -0.1) is 0 Å². The summed E-state index contributed by atoms with van der Waals surface area (Å²) in [7, 11) is 0. The third kappa shape index (κ3) is 2.54. The molecule has 3 N–H and O–H groups in total. The molecule has 0 aliphatic heterocycles. The summed E-state index contributed by atoms with van der Waals surface area (Å²) in [5.41, 5.74) is 5.53. The highest BCUT2D eigenvalue weighted by atomic mass is 16.5. The molecule has 0 aliphatic carbocycles. The lowest BCUT2D eigenvalue weighted by Crippen LogP contribution is -2.05. The molecule has 0 spiro atoms. The van der Waals surface area contributed by atoms with Crippen molar-refractivity contribution >= 4 is 11.7 Å². The Bertz CT molecular complexity index is 522. The topological polar surface area (TPSA) is 98.6 Å². The van der Waals surface area contributed by atoms with Crippen LogP contribution in [0, 0.1) is 0 Å². The zero-order chi connectivity index (χ0) is 12.3. The van der Waals surface area contributed by atoms with Crippen LogP contribution in [-0.4, -0.2) is 16.1 Å². The normalized spacial score (nSPS) is 10.1. The summed E-state index contributed by atoms with van der Waals surface area (Å²) >= 11 is 0. The molecule has 17 heavy (non-hydrogen) atoms. The Morgan fingerprint density at radius 2 is 2.41 bits per heavy atom. The van der Waals surface area contributed by atoms with Crippen LogP contribution in [-0.2, 0) is 6.61 Å². The Morgan fingerprint density at radius 1 is 1.59 bits per heavy atom. The van der Waals surface area contributed by atoms with Crippen LogP contribution in [0.5, 0.6) is 5.88 Å². The van der Waals surface area contributed by atoms with Gasteiger partial charge in [0.1, 0.15) is 12.4 Å². The van der Waals surface area contributed by atoms with E-state index in [1.807, 2.05) is 0 Å². The molecule has 0 saturated carbocycles. The van der Waals surface area contributed by atoms with Crippen molar-refractivity contribution in [2.24, 2.45) is 0 Å². The molecule has 0 amide bonds. The maximum absolute atomic E-state index is 10.8. The minimum atomic E-state index is -1.12. The number of aromatic carboxylic acids is 1. The Morgan fingerprint density at radius 3 is 3.06 bits per heavy atom. The van der Waals surface area contributed by atoms with Gasteiger partial charge in [0.05, 0.1) is 23.7 Å².